The highest BCUT2D eigenvalue weighted by atomic mass is 19.4. The second kappa shape index (κ2) is 4.90. The lowest BCUT2D eigenvalue weighted by Gasteiger charge is -2.21. The van der Waals surface area contributed by atoms with Crippen molar-refractivity contribution >= 4 is 5.91 Å². The molecule has 0 aromatic carbocycles. The molecule has 0 radical (unpaired) electrons. The van der Waals surface area contributed by atoms with E-state index in [1.54, 1.807) is 0 Å². The van der Waals surface area contributed by atoms with Crippen molar-refractivity contribution in [3.05, 3.63) is 23.5 Å². The molecule has 2 bridgehead atoms. The highest BCUT2D eigenvalue weighted by Gasteiger charge is 2.40. The number of amides is 1. The zero-order valence-corrected chi connectivity index (χ0v) is 10.7. The third-order valence-corrected chi connectivity index (χ3v) is 3.87. The number of carbonyl (C=O) groups excluding carboxylic acids is 1. The van der Waals surface area contributed by atoms with E-state index in [9.17, 15) is 22.4 Å². The number of rotatable bonds is 2. The molecule has 2 N–H and O–H groups in total. The van der Waals surface area contributed by atoms with Crippen LogP contribution < -0.4 is 10.6 Å². The fourth-order valence-electron chi connectivity index (χ4n) is 2.88. The molecule has 0 aliphatic carbocycles. The van der Waals surface area contributed by atoms with Crippen LogP contribution in [0.3, 0.4) is 0 Å². The van der Waals surface area contributed by atoms with E-state index < -0.39 is 29.4 Å². The van der Waals surface area contributed by atoms with Gasteiger partial charge in [0, 0.05) is 24.3 Å². The Kier molecular flexibility index (Phi) is 3.31. The van der Waals surface area contributed by atoms with Gasteiger partial charge in [-0.2, -0.15) is 22.5 Å². The third-order valence-electron chi connectivity index (χ3n) is 3.87. The Hall–Kier alpha value is -1.77. The van der Waals surface area contributed by atoms with Gasteiger partial charge in [-0.3, -0.25) is 4.79 Å². The maximum Gasteiger partial charge on any atom is 0.422 e. The summed E-state index contributed by atoms with van der Waals surface area (Å²) < 4.78 is 50.5. The first-order valence-electron chi connectivity index (χ1n) is 6.51. The summed E-state index contributed by atoms with van der Waals surface area (Å²) in [5.41, 5.74) is -1.58. The summed E-state index contributed by atoms with van der Waals surface area (Å²) in [4.78, 5) is 18.2. The molecule has 0 spiro atoms. The molecule has 5 nitrogen and oxygen atoms in total. The second-order valence-corrected chi connectivity index (χ2v) is 5.26. The summed E-state index contributed by atoms with van der Waals surface area (Å²) in [6, 6.07) is 0.383. The monoisotopic (exact) mass is 304 g/mol. The summed E-state index contributed by atoms with van der Waals surface area (Å²) in [6.45, 7) is 0. The third kappa shape index (κ3) is 2.69. The Bertz CT molecular complexity index is 577. The SMILES string of the molecule is O=C(NC1CC2CCC1N2)c1ncc(C(F)(F)F)c(F)n1. The summed E-state index contributed by atoms with van der Waals surface area (Å²) in [5, 5.41) is 5.93. The Morgan fingerprint density at radius 1 is 1.38 bits per heavy atom. The largest absolute Gasteiger partial charge is 0.422 e. The Labute approximate surface area is 117 Å². The smallest absolute Gasteiger partial charge is 0.345 e. The number of fused-ring (bicyclic) bond motifs is 2. The van der Waals surface area contributed by atoms with Crippen molar-refractivity contribution in [1.29, 1.82) is 0 Å². The molecule has 21 heavy (non-hydrogen) atoms. The average Bonchev–Trinajstić information content (AvgIpc) is 2.99. The number of aromatic nitrogens is 2. The molecule has 3 atom stereocenters. The Balaban J connectivity index is 1.72. The predicted octanol–water partition coefficient (Wildman–Crippen LogP) is 1.26. The molecule has 1 aromatic heterocycles. The first kappa shape index (κ1) is 14.2. The van der Waals surface area contributed by atoms with Gasteiger partial charge < -0.3 is 10.6 Å². The van der Waals surface area contributed by atoms with Gasteiger partial charge in [0.2, 0.25) is 11.8 Å². The molecule has 2 saturated heterocycles. The summed E-state index contributed by atoms with van der Waals surface area (Å²) in [5.74, 6) is -3.10. The van der Waals surface area contributed by atoms with E-state index in [2.05, 4.69) is 20.6 Å². The normalized spacial score (nSPS) is 27.9. The van der Waals surface area contributed by atoms with E-state index in [1.807, 2.05) is 0 Å². The molecule has 3 rings (SSSR count). The molecule has 1 aromatic rings. The van der Waals surface area contributed by atoms with Crippen molar-refractivity contribution in [3.63, 3.8) is 0 Å². The van der Waals surface area contributed by atoms with E-state index in [1.165, 1.54) is 0 Å². The van der Waals surface area contributed by atoms with Gasteiger partial charge in [0.25, 0.3) is 5.91 Å². The fourth-order valence-corrected chi connectivity index (χ4v) is 2.88. The van der Waals surface area contributed by atoms with E-state index in [4.69, 9.17) is 0 Å². The van der Waals surface area contributed by atoms with Crippen LogP contribution in [0.4, 0.5) is 17.6 Å². The summed E-state index contributed by atoms with van der Waals surface area (Å²) in [6.07, 6.45) is -1.87. The van der Waals surface area contributed by atoms with Crippen LogP contribution in [0, 0.1) is 5.95 Å². The number of hydrogen-bond acceptors (Lipinski definition) is 4. The molecule has 2 aliphatic rings. The maximum atomic E-state index is 13.3. The van der Waals surface area contributed by atoms with Gasteiger partial charge in [0.1, 0.15) is 5.56 Å². The maximum absolute atomic E-state index is 13.3. The summed E-state index contributed by atoms with van der Waals surface area (Å²) >= 11 is 0. The van der Waals surface area contributed by atoms with Crippen LogP contribution in [0.25, 0.3) is 0 Å². The van der Waals surface area contributed by atoms with Crippen LogP contribution in [0.2, 0.25) is 0 Å². The van der Waals surface area contributed by atoms with Crippen LogP contribution in [-0.4, -0.2) is 34.0 Å². The molecule has 2 aliphatic heterocycles. The highest BCUT2D eigenvalue weighted by Crippen LogP contribution is 2.30. The van der Waals surface area contributed by atoms with Gasteiger partial charge in [0.05, 0.1) is 0 Å². The van der Waals surface area contributed by atoms with E-state index in [0.29, 0.717) is 6.04 Å². The highest BCUT2D eigenvalue weighted by molar-refractivity contribution is 5.90. The summed E-state index contributed by atoms with van der Waals surface area (Å²) in [7, 11) is 0. The van der Waals surface area contributed by atoms with E-state index >= 15 is 0 Å². The molecule has 3 unspecified atom stereocenters. The van der Waals surface area contributed by atoms with Crippen LogP contribution >= 0.6 is 0 Å². The molecule has 2 fully saturated rings. The lowest BCUT2D eigenvalue weighted by Crippen LogP contribution is -2.43. The van der Waals surface area contributed by atoms with Gasteiger partial charge >= 0.3 is 6.18 Å². The van der Waals surface area contributed by atoms with Gasteiger partial charge in [-0.1, -0.05) is 0 Å². The number of nitrogens with zero attached hydrogens (tertiary/aromatic N) is 2. The minimum Gasteiger partial charge on any atom is -0.345 e. The zero-order valence-electron chi connectivity index (χ0n) is 10.7. The van der Waals surface area contributed by atoms with Crippen LogP contribution in [0.5, 0.6) is 0 Å². The number of hydrogen-bond donors (Lipinski definition) is 2. The number of alkyl halides is 3. The molecule has 3 heterocycles. The van der Waals surface area contributed by atoms with E-state index in [0.717, 1.165) is 19.3 Å². The standard InChI is InChI=1S/C12H12F4N4O/c13-9-6(12(14,15)16)4-17-10(20-9)11(21)19-8-3-5-1-2-7(8)18-5/h4-5,7-8,18H,1-3H2,(H,19,21). The molecule has 1 amide bonds. The predicted molar refractivity (Wildman–Crippen MR) is 62.8 cm³/mol. The van der Waals surface area contributed by atoms with Gasteiger partial charge in [0.15, 0.2) is 0 Å². The first-order chi connectivity index (χ1) is 9.84. The second-order valence-electron chi connectivity index (χ2n) is 5.26. The van der Waals surface area contributed by atoms with Crippen LogP contribution in [-0.2, 0) is 6.18 Å². The minimum atomic E-state index is -4.88. The molecular weight excluding hydrogens is 292 g/mol. The Morgan fingerprint density at radius 3 is 2.67 bits per heavy atom. The number of halogens is 4. The topological polar surface area (TPSA) is 66.9 Å². The first-order valence-corrected chi connectivity index (χ1v) is 6.51. The van der Waals surface area contributed by atoms with Crippen molar-refractivity contribution in [3.8, 4) is 0 Å². The van der Waals surface area contributed by atoms with Gasteiger partial charge in [-0.15, -0.1) is 0 Å². The molecule has 0 saturated carbocycles. The Morgan fingerprint density at radius 2 is 2.14 bits per heavy atom. The van der Waals surface area contributed by atoms with Crippen molar-refractivity contribution in [1.82, 2.24) is 20.6 Å². The number of carbonyl (C=O) groups is 1. The van der Waals surface area contributed by atoms with Crippen molar-refractivity contribution in [2.45, 2.75) is 43.6 Å². The number of nitrogens with one attached hydrogen (secondary N) is 2. The lowest BCUT2D eigenvalue weighted by molar-refractivity contribution is -0.140. The molecule has 114 valence electrons. The fraction of sp³-hybridized carbons (Fsp3) is 0.583. The van der Waals surface area contributed by atoms with Crippen molar-refractivity contribution < 1.29 is 22.4 Å². The van der Waals surface area contributed by atoms with Gasteiger partial charge in [-0.05, 0) is 19.3 Å². The van der Waals surface area contributed by atoms with Crippen molar-refractivity contribution in [2.24, 2.45) is 0 Å². The van der Waals surface area contributed by atoms with Crippen LogP contribution in [0.15, 0.2) is 6.20 Å². The van der Waals surface area contributed by atoms with E-state index in [-0.39, 0.29) is 18.3 Å². The van der Waals surface area contributed by atoms with Crippen molar-refractivity contribution in [2.75, 3.05) is 0 Å². The molecule has 9 heteroatoms. The average molecular weight is 304 g/mol. The van der Waals surface area contributed by atoms with Crippen LogP contribution in [0.1, 0.15) is 35.4 Å². The zero-order chi connectivity index (χ0) is 15.2. The quantitative estimate of drug-likeness (QED) is 0.637. The van der Waals surface area contributed by atoms with Gasteiger partial charge in [-0.25, -0.2) is 4.98 Å². The molecular formula is C12H12F4N4O. The lowest BCUT2D eigenvalue weighted by atomic mass is 9.95. The minimum absolute atomic E-state index is 0.120.